The predicted octanol–water partition coefficient (Wildman–Crippen LogP) is 3.73. The van der Waals surface area contributed by atoms with Crippen molar-refractivity contribution in [1.29, 1.82) is 0 Å². The van der Waals surface area contributed by atoms with Gasteiger partial charge >= 0.3 is 0 Å². The third-order valence-corrected chi connectivity index (χ3v) is 7.60. The minimum absolute atomic E-state index is 0.153. The summed E-state index contributed by atoms with van der Waals surface area (Å²) in [5.74, 6) is 2.71. The van der Waals surface area contributed by atoms with Gasteiger partial charge in [-0.15, -0.1) is 11.8 Å². The Bertz CT molecular complexity index is 1260. The Morgan fingerprint density at radius 3 is 2.61 bits per heavy atom. The third kappa shape index (κ3) is 5.05. The van der Waals surface area contributed by atoms with Crippen LogP contribution in [0.4, 0.5) is 28.8 Å². The first kappa shape index (κ1) is 24.2. The van der Waals surface area contributed by atoms with Crippen LogP contribution in [0.25, 0.3) is 0 Å². The van der Waals surface area contributed by atoms with E-state index in [1.807, 2.05) is 24.3 Å². The van der Waals surface area contributed by atoms with Crippen molar-refractivity contribution in [1.82, 2.24) is 20.2 Å². The lowest BCUT2D eigenvalue weighted by Crippen LogP contribution is -2.44. The summed E-state index contributed by atoms with van der Waals surface area (Å²) in [6.45, 7) is 4.07. The normalized spacial score (nSPS) is 15.4. The zero-order chi connectivity index (χ0) is 25.1. The van der Waals surface area contributed by atoms with E-state index in [0.717, 1.165) is 66.1 Å². The second-order valence-corrected chi connectivity index (χ2v) is 9.92. The maximum absolute atomic E-state index is 12.4. The predicted molar refractivity (Wildman–Crippen MR) is 146 cm³/mol. The number of nitrogens with one attached hydrogen (secondary N) is 3. The zero-order valence-corrected chi connectivity index (χ0v) is 21.6. The maximum Gasteiger partial charge on any atom is 0.253 e. The summed E-state index contributed by atoms with van der Waals surface area (Å²) in [4.78, 5) is 27.7. The number of aryl methyl sites for hydroxylation is 1. The fraction of sp³-hybridized carbons (Fsp3) is 0.346. The Morgan fingerprint density at radius 2 is 1.83 bits per heavy atom. The van der Waals surface area contributed by atoms with E-state index in [1.165, 1.54) is 0 Å². The van der Waals surface area contributed by atoms with Gasteiger partial charge in [0.05, 0.1) is 34.6 Å². The highest BCUT2D eigenvalue weighted by molar-refractivity contribution is 7.99. The molecule has 3 N–H and O–H groups in total. The van der Waals surface area contributed by atoms with E-state index in [0.29, 0.717) is 23.0 Å². The Hall–Kier alpha value is -3.50. The summed E-state index contributed by atoms with van der Waals surface area (Å²) in [6.07, 6.45) is 0.864. The number of hydrogen-bond donors (Lipinski definition) is 3. The van der Waals surface area contributed by atoms with Crippen LogP contribution in [0.2, 0.25) is 0 Å². The van der Waals surface area contributed by atoms with Crippen LogP contribution in [0.3, 0.4) is 0 Å². The van der Waals surface area contributed by atoms with E-state index in [4.69, 9.17) is 14.7 Å². The topological polar surface area (TPSA) is 94.6 Å². The number of nitrogens with zero attached hydrogens (tertiary/aromatic N) is 4. The molecule has 0 bridgehead atoms. The molecule has 9 nitrogen and oxygen atoms in total. The molecule has 36 heavy (non-hydrogen) atoms. The lowest BCUT2D eigenvalue weighted by molar-refractivity contribution is 0.0964. The van der Waals surface area contributed by atoms with Crippen LogP contribution in [0.15, 0.2) is 47.4 Å². The van der Waals surface area contributed by atoms with Gasteiger partial charge in [-0.05, 0) is 31.3 Å². The molecule has 3 heterocycles. The second kappa shape index (κ2) is 10.6. The third-order valence-electron chi connectivity index (χ3n) is 6.47. The average Bonchev–Trinajstić information content (AvgIpc) is 3.38. The first-order valence-corrected chi connectivity index (χ1v) is 13.0. The smallest absolute Gasteiger partial charge is 0.253 e. The van der Waals surface area contributed by atoms with Crippen molar-refractivity contribution in [2.75, 3.05) is 68.7 Å². The summed E-state index contributed by atoms with van der Waals surface area (Å²) in [7, 11) is 5.46. The largest absolute Gasteiger partial charge is 0.494 e. The number of anilines is 5. The van der Waals surface area contributed by atoms with Gasteiger partial charge < -0.3 is 30.5 Å². The van der Waals surface area contributed by atoms with E-state index < -0.39 is 0 Å². The van der Waals surface area contributed by atoms with E-state index in [9.17, 15) is 4.79 Å². The number of thioether (sulfide) groups is 1. The molecule has 1 aromatic heterocycles. The highest BCUT2D eigenvalue weighted by atomic mass is 32.2. The van der Waals surface area contributed by atoms with Gasteiger partial charge in [-0.3, -0.25) is 4.79 Å². The minimum atomic E-state index is -0.153. The number of fused-ring (bicyclic) bond motifs is 1. The summed E-state index contributed by atoms with van der Waals surface area (Å²) < 4.78 is 5.72. The summed E-state index contributed by atoms with van der Waals surface area (Å²) in [5.41, 5.74) is 4.20. The summed E-state index contributed by atoms with van der Waals surface area (Å²) in [6, 6.07) is 13.6. The minimum Gasteiger partial charge on any atom is -0.494 e. The number of carbonyl (C=O) groups is 1. The highest BCUT2D eigenvalue weighted by Crippen LogP contribution is 2.39. The molecule has 0 aliphatic carbocycles. The lowest BCUT2D eigenvalue weighted by Gasteiger charge is -2.34. The van der Waals surface area contributed by atoms with Gasteiger partial charge in [0.25, 0.3) is 5.91 Å². The Morgan fingerprint density at radius 1 is 1.03 bits per heavy atom. The Kier molecular flexibility index (Phi) is 7.15. The molecule has 188 valence electrons. The van der Waals surface area contributed by atoms with Gasteiger partial charge in [0.1, 0.15) is 11.6 Å². The summed E-state index contributed by atoms with van der Waals surface area (Å²) in [5, 5.41) is 9.44. The molecule has 2 aliphatic heterocycles. The average molecular weight is 506 g/mol. The molecule has 0 saturated carbocycles. The van der Waals surface area contributed by atoms with Crippen LogP contribution in [0.5, 0.6) is 5.75 Å². The number of ether oxygens (including phenoxy) is 1. The Balaban J connectivity index is 1.42. The van der Waals surface area contributed by atoms with Gasteiger partial charge in [-0.1, -0.05) is 12.1 Å². The fourth-order valence-electron chi connectivity index (χ4n) is 4.43. The standard InChI is InChI=1S/C26H31N7O2S/c1-27-25(34)18-6-4-5-7-19(18)28-24-23-21(10-15-36-23)30-26(31-24)29-20-9-8-17(16-22(20)35-3)33-13-11-32(2)12-14-33/h4-9,16H,10-15H2,1-3H3,(H,27,34)(H2,28,29,30,31). The molecule has 0 spiro atoms. The molecular formula is C26H31N7O2S. The van der Waals surface area contributed by atoms with E-state index in [-0.39, 0.29) is 5.91 Å². The number of para-hydroxylation sites is 1. The van der Waals surface area contributed by atoms with Crippen LogP contribution in [-0.4, -0.2) is 73.9 Å². The number of piperazine rings is 1. The highest BCUT2D eigenvalue weighted by Gasteiger charge is 2.22. The SMILES string of the molecule is CNC(=O)c1ccccc1Nc1nc(Nc2ccc(N3CCN(C)CC3)cc2OC)nc2c1SCC2. The van der Waals surface area contributed by atoms with Crippen LogP contribution in [0.1, 0.15) is 16.1 Å². The van der Waals surface area contributed by atoms with Crippen molar-refractivity contribution in [3.05, 3.63) is 53.7 Å². The van der Waals surface area contributed by atoms with Crippen LogP contribution in [0, 0.1) is 0 Å². The lowest BCUT2D eigenvalue weighted by atomic mass is 10.1. The number of likely N-dealkylation sites (N-methyl/N-ethyl adjacent to an activating group) is 1. The number of rotatable bonds is 7. The van der Waals surface area contributed by atoms with Gasteiger partial charge in [0, 0.05) is 57.2 Å². The number of amides is 1. The van der Waals surface area contributed by atoms with Crippen molar-refractivity contribution in [2.24, 2.45) is 0 Å². The van der Waals surface area contributed by atoms with Crippen molar-refractivity contribution in [3.8, 4) is 5.75 Å². The molecule has 5 rings (SSSR count). The fourth-order valence-corrected chi connectivity index (χ4v) is 5.47. The van der Waals surface area contributed by atoms with E-state index >= 15 is 0 Å². The Labute approximate surface area is 215 Å². The van der Waals surface area contributed by atoms with E-state index in [2.05, 4.69) is 44.9 Å². The monoisotopic (exact) mass is 505 g/mol. The van der Waals surface area contributed by atoms with Gasteiger partial charge in [-0.2, -0.15) is 4.98 Å². The van der Waals surface area contributed by atoms with Crippen LogP contribution < -0.4 is 25.6 Å². The summed E-state index contributed by atoms with van der Waals surface area (Å²) >= 11 is 1.72. The van der Waals surface area contributed by atoms with Crippen LogP contribution >= 0.6 is 11.8 Å². The second-order valence-electron chi connectivity index (χ2n) is 8.82. The number of aromatic nitrogens is 2. The number of hydrogen-bond acceptors (Lipinski definition) is 9. The molecule has 2 aliphatic rings. The molecule has 1 saturated heterocycles. The molecule has 0 radical (unpaired) electrons. The molecule has 1 fully saturated rings. The molecule has 0 atom stereocenters. The molecule has 0 unspecified atom stereocenters. The number of carbonyl (C=O) groups excluding carboxylic acids is 1. The van der Waals surface area contributed by atoms with Crippen molar-refractivity contribution < 1.29 is 9.53 Å². The first-order valence-electron chi connectivity index (χ1n) is 12.1. The van der Waals surface area contributed by atoms with E-state index in [1.54, 1.807) is 32.0 Å². The first-order chi connectivity index (χ1) is 17.6. The van der Waals surface area contributed by atoms with Gasteiger partial charge in [0.2, 0.25) is 5.95 Å². The van der Waals surface area contributed by atoms with Crippen molar-refractivity contribution >= 4 is 46.5 Å². The number of benzene rings is 2. The van der Waals surface area contributed by atoms with Crippen molar-refractivity contribution in [3.63, 3.8) is 0 Å². The molecule has 1 amide bonds. The molecule has 3 aromatic rings. The van der Waals surface area contributed by atoms with Gasteiger partial charge in [0.15, 0.2) is 0 Å². The van der Waals surface area contributed by atoms with Crippen LogP contribution in [-0.2, 0) is 6.42 Å². The maximum atomic E-state index is 12.4. The quantitative estimate of drug-likeness (QED) is 0.444. The van der Waals surface area contributed by atoms with Gasteiger partial charge in [-0.25, -0.2) is 4.98 Å². The molecule has 10 heteroatoms. The molecule has 2 aromatic carbocycles. The zero-order valence-electron chi connectivity index (χ0n) is 20.8. The number of methoxy groups -OCH3 is 1. The molecular weight excluding hydrogens is 474 g/mol. The van der Waals surface area contributed by atoms with Crippen molar-refractivity contribution in [2.45, 2.75) is 11.3 Å².